The Kier molecular flexibility index (Phi) is 39.6. The first-order valence-electron chi connectivity index (χ1n) is 25.7. The van der Waals surface area contributed by atoms with E-state index in [1.54, 1.807) is 0 Å². The van der Waals surface area contributed by atoms with Gasteiger partial charge in [-0.2, -0.15) is 0 Å². The average molecular weight is 826 g/mol. The second-order valence-electron chi connectivity index (χ2n) is 18.2. The quantitative estimate of drug-likeness (QED) is 0.0387. The predicted molar refractivity (Wildman–Crippen MR) is 243 cm³/mol. The standard InChI is InChI=1S/C50H99NO7/c1-3-5-7-9-11-13-15-17-19-20-21-22-23-24-25-26-27-29-31-33-35-37-39-41-46(53)51-44(43-57-50-49(56)48(55)47(54)45(42-52)58-50)40-38-36-34-32-30-28-18-16-14-12-10-8-6-4-2/h44-45,47-50,52,54-56H,3-43H2,1-2H3,(H,51,53)/t44-,45+,47-,48-,49+,50-/m0/s1. The van der Waals surface area contributed by atoms with E-state index in [-0.39, 0.29) is 18.6 Å². The van der Waals surface area contributed by atoms with Gasteiger partial charge >= 0.3 is 0 Å². The van der Waals surface area contributed by atoms with E-state index in [0.717, 1.165) is 32.1 Å². The molecule has 0 aliphatic carbocycles. The summed E-state index contributed by atoms with van der Waals surface area (Å²) in [7, 11) is 0. The second kappa shape index (κ2) is 41.6. The monoisotopic (exact) mass is 826 g/mol. The molecule has 1 rings (SSSR count). The van der Waals surface area contributed by atoms with Crippen LogP contribution in [-0.4, -0.2) is 76.3 Å². The SMILES string of the molecule is CCCCCCCCCCCCCCCCCCCCCCCCCC(=O)N[C@@H](CCCCCCCCCCCCCCCC)CO[C@H]1O[C@H](CO)[C@H](O)[C@H](O)[C@H]1O. The molecule has 0 aromatic carbocycles. The summed E-state index contributed by atoms with van der Waals surface area (Å²) in [6.07, 6.45) is 43.8. The molecule has 8 heteroatoms. The van der Waals surface area contributed by atoms with Crippen LogP contribution in [0.1, 0.15) is 264 Å². The minimum Gasteiger partial charge on any atom is -0.394 e. The van der Waals surface area contributed by atoms with Crippen LogP contribution in [0.2, 0.25) is 0 Å². The molecule has 6 atom stereocenters. The molecule has 1 aliphatic heterocycles. The Balaban J connectivity index is 2.15. The maximum Gasteiger partial charge on any atom is 0.220 e. The Morgan fingerprint density at radius 1 is 0.483 bits per heavy atom. The van der Waals surface area contributed by atoms with Crippen LogP contribution in [0.5, 0.6) is 0 Å². The first-order valence-corrected chi connectivity index (χ1v) is 25.7. The molecule has 0 aromatic rings. The summed E-state index contributed by atoms with van der Waals surface area (Å²) < 4.78 is 11.4. The minimum atomic E-state index is -1.48. The Hall–Kier alpha value is -0.770. The van der Waals surface area contributed by atoms with Crippen molar-refractivity contribution in [1.29, 1.82) is 0 Å². The molecule has 58 heavy (non-hydrogen) atoms. The molecule has 1 aliphatic rings. The van der Waals surface area contributed by atoms with Crippen LogP contribution in [0.4, 0.5) is 0 Å². The number of ether oxygens (including phenoxy) is 2. The van der Waals surface area contributed by atoms with Crippen molar-refractivity contribution in [3.63, 3.8) is 0 Å². The Morgan fingerprint density at radius 3 is 1.16 bits per heavy atom. The van der Waals surface area contributed by atoms with E-state index in [2.05, 4.69) is 19.2 Å². The summed E-state index contributed by atoms with van der Waals surface area (Å²) in [6.45, 7) is 4.19. The van der Waals surface area contributed by atoms with Crippen molar-refractivity contribution in [1.82, 2.24) is 5.32 Å². The van der Waals surface area contributed by atoms with E-state index in [1.165, 1.54) is 212 Å². The molecule has 1 saturated heterocycles. The summed E-state index contributed by atoms with van der Waals surface area (Å²) in [5, 5.41) is 43.5. The zero-order valence-corrected chi connectivity index (χ0v) is 38.5. The molecule has 0 spiro atoms. The van der Waals surface area contributed by atoms with Crippen LogP contribution >= 0.6 is 0 Å². The predicted octanol–water partition coefficient (Wildman–Crippen LogP) is 12.5. The third kappa shape index (κ3) is 32.0. The highest BCUT2D eigenvalue weighted by Gasteiger charge is 2.44. The molecule has 1 heterocycles. The fourth-order valence-corrected chi connectivity index (χ4v) is 8.57. The molecular weight excluding hydrogens is 727 g/mol. The fraction of sp³-hybridized carbons (Fsp3) is 0.980. The van der Waals surface area contributed by atoms with Gasteiger partial charge in [-0.15, -0.1) is 0 Å². The lowest BCUT2D eigenvalue weighted by atomic mass is 9.99. The highest BCUT2D eigenvalue weighted by Crippen LogP contribution is 2.23. The molecule has 0 saturated carbocycles. The zero-order chi connectivity index (χ0) is 42.2. The second-order valence-corrected chi connectivity index (χ2v) is 18.2. The Bertz CT molecular complexity index is 860. The number of hydrogen-bond donors (Lipinski definition) is 5. The van der Waals surface area contributed by atoms with Crippen molar-refractivity contribution in [3.05, 3.63) is 0 Å². The smallest absolute Gasteiger partial charge is 0.220 e. The molecule has 0 aromatic heterocycles. The Morgan fingerprint density at radius 2 is 0.810 bits per heavy atom. The topological polar surface area (TPSA) is 128 Å². The lowest BCUT2D eigenvalue weighted by Crippen LogP contribution is -2.59. The van der Waals surface area contributed by atoms with Crippen LogP contribution in [0.15, 0.2) is 0 Å². The van der Waals surface area contributed by atoms with E-state index in [9.17, 15) is 25.2 Å². The van der Waals surface area contributed by atoms with E-state index in [1.807, 2.05) is 0 Å². The van der Waals surface area contributed by atoms with Crippen molar-refractivity contribution in [2.75, 3.05) is 13.2 Å². The molecule has 1 amide bonds. The number of carbonyl (C=O) groups is 1. The van der Waals surface area contributed by atoms with Crippen LogP contribution in [0.3, 0.4) is 0 Å². The maximum absolute atomic E-state index is 13.0. The number of unbranched alkanes of at least 4 members (excludes halogenated alkanes) is 35. The van der Waals surface area contributed by atoms with Gasteiger partial charge in [0, 0.05) is 6.42 Å². The van der Waals surface area contributed by atoms with Gasteiger partial charge in [-0.05, 0) is 12.8 Å². The summed E-state index contributed by atoms with van der Waals surface area (Å²) >= 11 is 0. The lowest BCUT2D eigenvalue weighted by Gasteiger charge is -2.40. The van der Waals surface area contributed by atoms with Gasteiger partial charge in [0.1, 0.15) is 24.4 Å². The van der Waals surface area contributed by atoms with Gasteiger partial charge in [-0.1, -0.05) is 245 Å². The summed E-state index contributed by atoms with van der Waals surface area (Å²) in [5.74, 6) is 0.0243. The molecule has 0 radical (unpaired) electrons. The van der Waals surface area contributed by atoms with E-state index in [4.69, 9.17) is 9.47 Å². The van der Waals surface area contributed by atoms with E-state index >= 15 is 0 Å². The van der Waals surface area contributed by atoms with Crippen LogP contribution in [0, 0.1) is 0 Å². The number of carbonyl (C=O) groups excluding carboxylic acids is 1. The normalized spacial score (nSPS) is 20.1. The summed E-state index contributed by atoms with van der Waals surface area (Å²) in [6, 6.07) is -0.235. The number of amides is 1. The van der Waals surface area contributed by atoms with Crippen molar-refractivity contribution in [2.45, 2.75) is 301 Å². The first kappa shape index (κ1) is 55.2. The van der Waals surface area contributed by atoms with Crippen molar-refractivity contribution in [2.24, 2.45) is 0 Å². The number of aliphatic hydroxyl groups is 4. The Labute approximate surface area is 359 Å². The van der Waals surface area contributed by atoms with Gasteiger partial charge in [0.2, 0.25) is 5.91 Å². The fourth-order valence-electron chi connectivity index (χ4n) is 8.57. The maximum atomic E-state index is 13.0. The van der Waals surface area contributed by atoms with Crippen LogP contribution in [-0.2, 0) is 14.3 Å². The van der Waals surface area contributed by atoms with Crippen molar-refractivity contribution in [3.8, 4) is 0 Å². The van der Waals surface area contributed by atoms with Gasteiger partial charge < -0.3 is 35.2 Å². The first-order chi connectivity index (χ1) is 28.4. The third-order valence-corrected chi connectivity index (χ3v) is 12.6. The van der Waals surface area contributed by atoms with Gasteiger partial charge in [0.25, 0.3) is 0 Å². The molecule has 5 N–H and O–H groups in total. The van der Waals surface area contributed by atoms with E-state index in [0.29, 0.717) is 6.42 Å². The van der Waals surface area contributed by atoms with Gasteiger partial charge in [-0.25, -0.2) is 0 Å². The summed E-state index contributed by atoms with van der Waals surface area (Å²) in [5.41, 5.74) is 0. The van der Waals surface area contributed by atoms with Crippen molar-refractivity contribution >= 4 is 5.91 Å². The molecule has 0 bridgehead atoms. The molecule has 346 valence electrons. The largest absolute Gasteiger partial charge is 0.394 e. The van der Waals surface area contributed by atoms with Crippen LogP contribution in [0.25, 0.3) is 0 Å². The lowest BCUT2D eigenvalue weighted by molar-refractivity contribution is -0.302. The highest BCUT2D eigenvalue weighted by atomic mass is 16.7. The molecule has 1 fully saturated rings. The minimum absolute atomic E-state index is 0.0243. The van der Waals surface area contributed by atoms with Gasteiger partial charge in [0.15, 0.2) is 6.29 Å². The molecular formula is C50H99NO7. The zero-order valence-electron chi connectivity index (χ0n) is 38.5. The average Bonchev–Trinajstić information content (AvgIpc) is 3.22. The highest BCUT2D eigenvalue weighted by molar-refractivity contribution is 5.76. The van der Waals surface area contributed by atoms with Gasteiger partial charge in [0.05, 0.1) is 19.3 Å². The summed E-state index contributed by atoms with van der Waals surface area (Å²) in [4.78, 5) is 13.0. The number of nitrogens with one attached hydrogen (secondary N) is 1. The van der Waals surface area contributed by atoms with E-state index < -0.39 is 37.3 Å². The molecule has 8 nitrogen and oxygen atoms in total. The third-order valence-electron chi connectivity index (χ3n) is 12.6. The molecule has 0 unspecified atom stereocenters. The van der Waals surface area contributed by atoms with Crippen molar-refractivity contribution < 1.29 is 34.7 Å². The van der Waals surface area contributed by atoms with Crippen LogP contribution < -0.4 is 5.32 Å². The van der Waals surface area contributed by atoms with Gasteiger partial charge in [-0.3, -0.25) is 4.79 Å². The number of hydrogen-bond acceptors (Lipinski definition) is 7. The number of rotatable bonds is 44. The number of aliphatic hydroxyl groups excluding tert-OH is 4.